The first-order valence-corrected chi connectivity index (χ1v) is 9.72. The Balaban J connectivity index is 1.70. The predicted octanol–water partition coefficient (Wildman–Crippen LogP) is 0.778. The molecule has 0 aliphatic carbocycles. The number of aliphatic carboxylic acids is 1. The van der Waals surface area contributed by atoms with Gasteiger partial charge in [0.25, 0.3) is 0 Å². The number of hydrogen-bond donors (Lipinski definition) is 2. The number of urea groups is 1. The summed E-state index contributed by atoms with van der Waals surface area (Å²) in [5.74, 6) is -1.27. The van der Waals surface area contributed by atoms with E-state index in [1.54, 1.807) is 0 Å². The van der Waals surface area contributed by atoms with Crippen LogP contribution in [0.5, 0.6) is 0 Å². The van der Waals surface area contributed by atoms with Gasteiger partial charge >= 0.3 is 22.4 Å². The number of benzene rings is 1. The van der Waals surface area contributed by atoms with Gasteiger partial charge in [0.15, 0.2) is 6.04 Å². The van der Waals surface area contributed by atoms with Crippen LogP contribution in [0.3, 0.4) is 0 Å². The number of carboxylic acids is 1. The normalized spacial score (nSPS) is 21.1. The fourth-order valence-electron chi connectivity index (χ4n) is 3.65. The quantitative estimate of drug-likeness (QED) is 0.668. The van der Waals surface area contributed by atoms with Gasteiger partial charge in [0.05, 0.1) is 18.4 Å². The van der Waals surface area contributed by atoms with Gasteiger partial charge in [-0.2, -0.15) is 18.6 Å². The van der Waals surface area contributed by atoms with Gasteiger partial charge in [0.1, 0.15) is 6.04 Å². The third kappa shape index (κ3) is 3.10. The van der Waals surface area contributed by atoms with Crippen molar-refractivity contribution >= 4 is 22.4 Å². The molecule has 0 spiro atoms. The van der Waals surface area contributed by atoms with Gasteiger partial charge in [0, 0.05) is 12.1 Å². The molecule has 4 rings (SSSR count). The molecule has 3 heterocycles. The summed E-state index contributed by atoms with van der Waals surface area (Å²) in [5, 5.41) is 14.4. The lowest BCUT2D eigenvalue weighted by Gasteiger charge is -2.28. The molecule has 2 N–H and O–H groups in total. The highest BCUT2D eigenvalue weighted by atomic mass is 32.3. The van der Waals surface area contributed by atoms with E-state index in [1.807, 2.05) is 30.3 Å². The molecule has 2 bridgehead atoms. The zero-order chi connectivity index (χ0) is 20.1. The molecule has 28 heavy (non-hydrogen) atoms. The number of fused-ring (bicyclic) bond motifs is 4. The Morgan fingerprint density at radius 1 is 1.29 bits per heavy atom. The second kappa shape index (κ2) is 6.58. The Kier molecular flexibility index (Phi) is 4.33. The minimum atomic E-state index is -4.96. The second-order valence-electron chi connectivity index (χ2n) is 6.46. The summed E-state index contributed by atoms with van der Waals surface area (Å²) in [6.07, 6.45) is 1.99. The summed E-state index contributed by atoms with van der Waals surface area (Å²) in [6, 6.07) is 6.34. The number of carboxylic acid groups (broad SMARTS) is 1. The van der Waals surface area contributed by atoms with Crippen LogP contribution in [-0.2, 0) is 32.4 Å². The van der Waals surface area contributed by atoms with E-state index in [9.17, 15) is 23.1 Å². The van der Waals surface area contributed by atoms with Crippen LogP contribution in [0.25, 0.3) is 0 Å². The highest BCUT2D eigenvalue weighted by Crippen LogP contribution is 2.44. The van der Waals surface area contributed by atoms with E-state index >= 15 is 0 Å². The number of hydrogen-bond acceptors (Lipinski definition) is 6. The Bertz CT molecular complexity index is 1040. The van der Waals surface area contributed by atoms with Crippen LogP contribution in [-0.4, -0.2) is 56.4 Å². The van der Waals surface area contributed by atoms with Crippen LogP contribution in [0.2, 0.25) is 0 Å². The molecule has 148 valence electrons. The Morgan fingerprint density at radius 2 is 2.00 bits per heavy atom. The van der Waals surface area contributed by atoms with E-state index in [1.165, 1.54) is 10.9 Å². The Hall–Kier alpha value is -2.96. The third-order valence-corrected chi connectivity index (χ3v) is 5.14. The lowest BCUT2D eigenvalue weighted by Crippen LogP contribution is -2.39. The first-order valence-electron chi connectivity index (χ1n) is 8.35. The van der Waals surface area contributed by atoms with Gasteiger partial charge in [-0.3, -0.25) is 9.23 Å². The van der Waals surface area contributed by atoms with E-state index in [0.29, 0.717) is 23.6 Å². The van der Waals surface area contributed by atoms with Gasteiger partial charge in [0.2, 0.25) is 0 Å². The molecular weight excluding hydrogens is 392 g/mol. The van der Waals surface area contributed by atoms with Crippen molar-refractivity contribution in [1.82, 2.24) is 19.7 Å². The van der Waals surface area contributed by atoms with E-state index in [-0.39, 0.29) is 12.2 Å². The molecule has 0 saturated carbocycles. The molecule has 0 radical (unpaired) electrons. The van der Waals surface area contributed by atoms with E-state index in [2.05, 4.69) is 9.38 Å². The van der Waals surface area contributed by atoms with Crippen LogP contribution >= 0.6 is 0 Å². The van der Waals surface area contributed by atoms with Gasteiger partial charge < -0.3 is 10.0 Å². The maximum atomic E-state index is 12.5. The molecule has 1 unspecified atom stereocenters. The number of nitrogens with zero attached hydrogens (tertiary/aromatic N) is 4. The van der Waals surface area contributed by atoms with Crippen LogP contribution in [0.1, 0.15) is 28.9 Å². The molecule has 1 aromatic carbocycles. The maximum Gasteiger partial charge on any atom is 0.418 e. The first kappa shape index (κ1) is 18.4. The average molecular weight is 408 g/mol. The standard InChI is InChI=1S/C16H16N4O7S/c21-15(22)14-13-11(8-17-19(13)7-6-10-4-2-1-3-5-10)12-9-18(14)16(23)20(12)27-28(24,25)26/h1-5,8,12,14H,6-7,9H2,(H,21,22)(H,24,25,26)/t12-,14?/m1/s1. The monoisotopic (exact) mass is 408 g/mol. The minimum Gasteiger partial charge on any atom is -0.479 e. The highest BCUT2D eigenvalue weighted by molar-refractivity contribution is 7.80. The van der Waals surface area contributed by atoms with Crippen LogP contribution < -0.4 is 0 Å². The largest absolute Gasteiger partial charge is 0.479 e. The van der Waals surface area contributed by atoms with Gasteiger partial charge in [-0.25, -0.2) is 9.59 Å². The van der Waals surface area contributed by atoms with Crippen molar-refractivity contribution in [1.29, 1.82) is 0 Å². The SMILES string of the molecule is O=C(O)C1c2c(cnn2CCc2ccccc2)[C@H]2CN1C(=O)N2OS(=O)(=O)O. The highest BCUT2D eigenvalue weighted by Gasteiger charge is 2.54. The number of rotatable bonds is 6. The van der Waals surface area contributed by atoms with Crippen LogP contribution in [0.15, 0.2) is 36.5 Å². The second-order valence-corrected chi connectivity index (χ2v) is 7.47. The lowest BCUT2D eigenvalue weighted by molar-refractivity contribution is -0.142. The summed E-state index contributed by atoms with van der Waals surface area (Å²) < 4.78 is 37.0. The van der Waals surface area contributed by atoms with Crippen molar-refractivity contribution in [3.63, 3.8) is 0 Å². The minimum absolute atomic E-state index is 0.0945. The number of aromatic nitrogens is 2. The maximum absolute atomic E-state index is 12.5. The predicted molar refractivity (Wildman–Crippen MR) is 92.1 cm³/mol. The van der Waals surface area contributed by atoms with E-state index in [0.717, 1.165) is 10.5 Å². The van der Waals surface area contributed by atoms with Gasteiger partial charge in [-0.05, 0) is 12.0 Å². The van der Waals surface area contributed by atoms with Crippen molar-refractivity contribution in [3.8, 4) is 0 Å². The van der Waals surface area contributed by atoms with Crippen molar-refractivity contribution in [3.05, 3.63) is 53.3 Å². The van der Waals surface area contributed by atoms with Crippen molar-refractivity contribution < 1.29 is 31.9 Å². The van der Waals surface area contributed by atoms with E-state index in [4.69, 9.17) is 4.55 Å². The fraction of sp³-hybridized carbons (Fsp3) is 0.312. The molecule has 2 aliphatic rings. The molecule has 2 amide bonds. The lowest BCUT2D eigenvalue weighted by atomic mass is 9.98. The topological polar surface area (TPSA) is 142 Å². The smallest absolute Gasteiger partial charge is 0.418 e. The number of carbonyl (C=O) groups is 2. The number of hydroxylamine groups is 2. The Labute approximate surface area is 159 Å². The van der Waals surface area contributed by atoms with Crippen molar-refractivity contribution in [2.75, 3.05) is 6.54 Å². The summed E-state index contributed by atoms with van der Waals surface area (Å²) >= 11 is 0. The Morgan fingerprint density at radius 3 is 2.64 bits per heavy atom. The van der Waals surface area contributed by atoms with Gasteiger partial charge in [-0.15, -0.1) is 4.28 Å². The molecule has 1 aromatic heterocycles. The summed E-state index contributed by atoms with van der Waals surface area (Å²) in [4.78, 5) is 25.4. The third-order valence-electron chi connectivity index (χ3n) is 4.79. The van der Waals surface area contributed by atoms with Crippen LogP contribution in [0, 0.1) is 0 Å². The summed E-state index contributed by atoms with van der Waals surface area (Å²) in [6.45, 7) is 0.278. The molecule has 1 fully saturated rings. The van der Waals surface area contributed by atoms with Crippen molar-refractivity contribution in [2.45, 2.75) is 25.0 Å². The molecule has 2 atom stereocenters. The number of carbonyl (C=O) groups excluding carboxylic acids is 1. The molecule has 1 saturated heterocycles. The molecule has 12 heteroatoms. The molecule has 11 nitrogen and oxygen atoms in total. The number of aryl methyl sites for hydroxylation is 2. The first-order chi connectivity index (χ1) is 13.3. The molecule has 2 aliphatic heterocycles. The summed E-state index contributed by atoms with van der Waals surface area (Å²) in [5.41, 5.74) is 1.69. The average Bonchev–Trinajstić information content (AvgIpc) is 3.16. The zero-order valence-electron chi connectivity index (χ0n) is 14.4. The summed E-state index contributed by atoms with van der Waals surface area (Å²) in [7, 11) is -4.96. The zero-order valence-corrected chi connectivity index (χ0v) is 15.2. The van der Waals surface area contributed by atoms with Gasteiger partial charge in [-0.1, -0.05) is 30.3 Å². The number of amides is 2. The van der Waals surface area contributed by atoms with Crippen molar-refractivity contribution in [2.24, 2.45) is 0 Å². The van der Waals surface area contributed by atoms with E-state index < -0.39 is 34.5 Å². The fourth-order valence-corrected chi connectivity index (χ4v) is 4.02. The van der Waals surface area contributed by atoms with Crippen LogP contribution in [0.4, 0.5) is 4.79 Å². The molecular formula is C16H16N4O7S. The molecule has 2 aromatic rings.